The van der Waals surface area contributed by atoms with Crippen LogP contribution >= 0.6 is 0 Å². The number of benzene rings is 2. The Bertz CT molecular complexity index is 1060. The van der Waals surface area contributed by atoms with Gasteiger partial charge in [0.15, 0.2) is 11.9 Å². The Hall–Kier alpha value is -3.87. The van der Waals surface area contributed by atoms with Crippen LogP contribution < -0.4 is 4.57 Å². The third-order valence-corrected chi connectivity index (χ3v) is 4.45. The largest absolute Gasteiger partial charge is 0.507 e. The molecule has 33 heavy (non-hydrogen) atoms. The lowest BCUT2D eigenvalue weighted by Gasteiger charge is -2.02. The van der Waals surface area contributed by atoms with E-state index in [0.29, 0.717) is 0 Å². The first-order chi connectivity index (χ1) is 15.1. The van der Waals surface area contributed by atoms with Gasteiger partial charge in [-0.1, -0.05) is 25.6 Å². The first-order valence-electron chi connectivity index (χ1n) is 9.96. The minimum atomic E-state index is -1.11. The molecule has 3 rings (SSSR count). The normalized spacial score (nSPS) is 9.24. The van der Waals surface area contributed by atoms with E-state index in [1.807, 2.05) is 6.92 Å². The number of pyridine rings is 1. The van der Waals surface area contributed by atoms with Crippen molar-refractivity contribution in [2.75, 3.05) is 7.11 Å². The number of nitrogens with zero attached hydrogens (tertiary/aromatic N) is 1. The Morgan fingerprint density at radius 1 is 0.879 bits per heavy atom. The van der Waals surface area contributed by atoms with Gasteiger partial charge in [0.05, 0.1) is 7.11 Å². The fourth-order valence-corrected chi connectivity index (χ4v) is 2.66. The van der Waals surface area contributed by atoms with Crippen molar-refractivity contribution in [2.24, 2.45) is 0 Å². The van der Waals surface area contributed by atoms with Crippen LogP contribution in [-0.4, -0.2) is 34.4 Å². The van der Waals surface area contributed by atoms with Crippen LogP contribution in [-0.2, 0) is 11.3 Å². The van der Waals surface area contributed by atoms with Gasteiger partial charge in [0.1, 0.15) is 29.2 Å². The number of phenols is 2. The predicted octanol–water partition coefficient (Wildman–Crippen LogP) is 4.82. The first kappa shape index (κ1) is 29.1. The van der Waals surface area contributed by atoms with E-state index in [4.69, 9.17) is 10.2 Å². The Kier molecular flexibility index (Phi) is 12.6. The summed E-state index contributed by atoms with van der Waals surface area (Å²) < 4.78 is 6.67. The van der Waals surface area contributed by atoms with E-state index in [-0.39, 0.29) is 30.1 Å². The van der Waals surface area contributed by atoms with E-state index in [1.54, 1.807) is 19.1 Å². The molecule has 7 nitrogen and oxygen atoms in total. The van der Waals surface area contributed by atoms with Gasteiger partial charge in [-0.2, -0.15) is 0 Å². The smallest absolute Gasteiger partial charge is 0.341 e. The monoisotopic (exact) mass is 456 g/mol. The van der Waals surface area contributed by atoms with Gasteiger partial charge in [-0.3, -0.25) is 0 Å². The molecule has 2 aromatic carbocycles. The average molecular weight is 457 g/mol. The van der Waals surface area contributed by atoms with E-state index in [1.165, 1.54) is 37.1 Å². The number of carboxylic acid groups (broad SMARTS) is 1. The van der Waals surface area contributed by atoms with Crippen LogP contribution in [0, 0.1) is 20.8 Å². The predicted molar refractivity (Wildman–Crippen MR) is 128 cm³/mol. The van der Waals surface area contributed by atoms with Gasteiger partial charge in [0, 0.05) is 19.1 Å². The molecule has 3 N–H and O–H groups in total. The van der Waals surface area contributed by atoms with Crippen LogP contribution in [0.4, 0.5) is 0 Å². The van der Waals surface area contributed by atoms with E-state index >= 15 is 0 Å². The molecule has 0 unspecified atom stereocenters. The van der Waals surface area contributed by atoms with E-state index in [2.05, 4.69) is 47.5 Å². The fraction of sp³-hybridized carbons (Fsp3) is 0.269. The van der Waals surface area contributed by atoms with Gasteiger partial charge < -0.3 is 20.1 Å². The van der Waals surface area contributed by atoms with Crippen molar-refractivity contribution < 1.29 is 34.2 Å². The molecule has 0 spiro atoms. The molecule has 0 saturated heterocycles. The van der Waals surface area contributed by atoms with Crippen molar-refractivity contribution in [2.45, 2.75) is 41.7 Å². The Labute approximate surface area is 195 Å². The Morgan fingerprint density at radius 3 is 1.76 bits per heavy atom. The number of aromatic carboxylic acids is 1. The molecule has 0 fully saturated rings. The van der Waals surface area contributed by atoms with Crippen LogP contribution in [0.5, 0.6) is 11.5 Å². The van der Waals surface area contributed by atoms with Crippen molar-refractivity contribution in [3.63, 3.8) is 0 Å². The maximum atomic E-state index is 11.0. The lowest BCUT2D eigenvalue weighted by Crippen LogP contribution is -2.34. The molecule has 7 heteroatoms. The zero-order valence-electron chi connectivity index (χ0n) is 19.0. The third kappa shape index (κ3) is 9.43. The SMILES string of the molecule is C.CC[n+]1ccccc1C.COC(=O)c1ccc(C)cc1O.Cc1ccc(C(=O)O)c(O)c1. The molecule has 1 heterocycles. The fourth-order valence-electron chi connectivity index (χ4n) is 2.66. The zero-order valence-corrected chi connectivity index (χ0v) is 19.0. The molecule has 0 atom stereocenters. The molecule has 178 valence electrons. The summed E-state index contributed by atoms with van der Waals surface area (Å²) in [5, 5.41) is 26.9. The van der Waals surface area contributed by atoms with Crippen LogP contribution in [0.3, 0.4) is 0 Å². The number of carboxylic acids is 1. The van der Waals surface area contributed by atoms with Crippen LogP contribution in [0.15, 0.2) is 60.8 Å². The highest BCUT2D eigenvalue weighted by molar-refractivity contribution is 5.92. The van der Waals surface area contributed by atoms with Crippen LogP contribution in [0.2, 0.25) is 0 Å². The third-order valence-electron chi connectivity index (χ3n) is 4.45. The molecule has 0 bridgehead atoms. The van der Waals surface area contributed by atoms with E-state index < -0.39 is 11.9 Å². The van der Waals surface area contributed by atoms with Gasteiger partial charge in [-0.25, -0.2) is 14.2 Å². The van der Waals surface area contributed by atoms with Crippen molar-refractivity contribution in [3.8, 4) is 11.5 Å². The van der Waals surface area contributed by atoms with Crippen molar-refractivity contribution in [3.05, 3.63) is 88.7 Å². The second-order valence-electron chi connectivity index (χ2n) is 6.97. The lowest BCUT2D eigenvalue weighted by atomic mass is 10.1. The number of aromatic hydroxyl groups is 2. The number of hydrogen-bond acceptors (Lipinski definition) is 5. The highest BCUT2D eigenvalue weighted by atomic mass is 16.5. The van der Waals surface area contributed by atoms with Crippen molar-refractivity contribution >= 4 is 11.9 Å². The molecule has 3 aromatic rings. The highest BCUT2D eigenvalue weighted by Gasteiger charge is 2.10. The number of ether oxygens (including phenoxy) is 1. The van der Waals surface area contributed by atoms with Gasteiger partial charge in [0.2, 0.25) is 0 Å². The maximum absolute atomic E-state index is 11.0. The van der Waals surface area contributed by atoms with Gasteiger partial charge >= 0.3 is 11.9 Å². The maximum Gasteiger partial charge on any atom is 0.341 e. The van der Waals surface area contributed by atoms with Gasteiger partial charge in [-0.15, -0.1) is 0 Å². The quantitative estimate of drug-likeness (QED) is 0.385. The summed E-state index contributed by atoms with van der Waals surface area (Å²) in [4.78, 5) is 21.3. The molecule has 1 aromatic heterocycles. The summed E-state index contributed by atoms with van der Waals surface area (Å²) in [7, 11) is 1.28. The Morgan fingerprint density at radius 2 is 1.39 bits per heavy atom. The second-order valence-corrected chi connectivity index (χ2v) is 6.97. The summed E-state index contributed by atoms with van der Waals surface area (Å²) in [5.74, 6) is -1.85. The molecule has 0 aliphatic rings. The van der Waals surface area contributed by atoms with Gasteiger partial charge in [-0.05, 0) is 56.2 Å². The highest BCUT2D eigenvalue weighted by Crippen LogP contribution is 2.19. The number of carbonyl (C=O) groups excluding carboxylic acids is 1. The number of rotatable bonds is 3. The van der Waals surface area contributed by atoms with Crippen molar-refractivity contribution in [1.82, 2.24) is 0 Å². The number of esters is 1. The number of phenolic OH excluding ortho intramolecular Hbond substituents is 1. The summed E-state index contributed by atoms with van der Waals surface area (Å²) in [6, 6.07) is 15.5. The minimum absolute atomic E-state index is 0. The molecular formula is C26H34NO6+. The molecular weight excluding hydrogens is 422 g/mol. The standard InChI is InChI=1S/C9H10O3.C8H12N.C8H8O3.CH4/c1-6-3-4-7(8(10)5-6)9(11)12-2;1-3-9-7-5-4-6-8(9)2;1-5-2-3-6(8(10)11)7(9)4-5;/h3-5,10H,1-2H3;4-7H,3H2,1-2H3;2-4,9H,1H3,(H,10,11);1H4/q;+1;;. The van der Waals surface area contributed by atoms with Crippen molar-refractivity contribution in [1.29, 1.82) is 0 Å². The number of carbonyl (C=O) groups is 2. The first-order valence-corrected chi connectivity index (χ1v) is 9.96. The minimum Gasteiger partial charge on any atom is -0.507 e. The summed E-state index contributed by atoms with van der Waals surface area (Å²) in [5.41, 5.74) is 3.20. The van der Waals surface area contributed by atoms with Gasteiger partial charge in [0.25, 0.3) is 0 Å². The summed E-state index contributed by atoms with van der Waals surface area (Å²) >= 11 is 0. The molecule has 0 amide bonds. The second kappa shape index (κ2) is 14.2. The number of methoxy groups -OCH3 is 1. The lowest BCUT2D eigenvalue weighted by molar-refractivity contribution is -0.699. The average Bonchev–Trinajstić information content (AvgIpc) is 2.74. The number of aromatic nitrogens is 1. The summed E-state index contributed by atoms with van der Waals surface area (Å²) in [6.07, 6.45) is 2.09. The Balaban J connectivity index is 0.000000463. The number of hydrogen-bond donors (Lipinski definition) is 3. The number of aryl methyl sites for hydroxylation is 4. The van der Waals surface area contributed by atoms with Crippen LogP contribution in [0.25, 0.3) is 0 Å². The molecule has 0 aliphatic carbocycles. The van der Waals surface area contributed by atoms with E-state index in [9.17, 15) is 14.7 Å². The van der Waals surface area contributed by atoms with Crippen LogP contribution in [0.1, 0.15) is 51.9 Å². The molecule has 0 aliphatic heterocycles. The van der Waals surface area contributed by atoms with E-state index in [0.717, 1.165) is 17.7 Å². The topological polar surface area (TPSA) is 108 Å². The molecule has 0 saturated carbocycles. The summed E-state index contributed by atoms with van der Waals surface area (Å²) in [6.45, 7) is 8.94. The molecule has 0 radical (unpaired) electrons. The zero-order chi connectivity index (χ0) is 24.3.